The van der Waals surface area contributed by atoms with E-state index in [4.69, 9.17) is 0 Å². The number of rotatable bonds is 4. The Bertz CT molecular complexity index is 845. The minimum atomic E-state index is 0.137. The van der Waals surface area contributed by atoms with E-state index in [1.54, 1.807) is 0 Å². The van der Waals surface area contributed by atoms with E-state index in [2.05, 4.69) is 31.0 Å². The maximum absolute atomic E-state index is 12.6. The Morgan fingerprint density at radius 2 is 1.44 bits per heavy atom. The molecule has 0 saturated carbocycles. The molecule has 5 heteroatoms. The zero-order valence-electron chi connectivity index (χ0n) is 16.8. The Labute approximate surface area is 161 Å². The van der Waals surface area contributed by atoms with Crippen molar-refractivity contribution >= 4 is 11.8 Å². The van der Waals surface area contributed by atoms with Gasteiger partial charge in [0, 0.05) is 37.6 Å². The van der Waals surface area contributed by atoms with Gasteiger partial charge >= 0.3 is 0 Å². The molecule has 1 aromatic heterocycles. The Morgan fingerprint density at radius 1 is 0.852 bits per heavy atom. The van der Waals surface area contributed by atoms with Crippen LogP contribution in [0.1, 0.15) is 33.6 Å². The number of hydrogen-bond acceptors (Lipinski definition) is 2. The molecule has 0 unspecified atom stereocenters. The molecule has 0 atom stereocenters. The average molecular weight is 367 g/mol. The number of aryl methyl sites for hydroxylation is 4. The summed E-state index contributed by atoms with van der Waals surface area (Å²) in [4.78, 5) is 32.2. The Balaban J connectivity index is 1.51. The SMILES string of the molecule is Cc1cc(CC(=O)N2CCN(C(=O)Cc3ccc(C)c(C)c3)CC2)c(C)[nH]1. The Morgan fingerprint density at radius 3 is 1.96 bits per heavy atom. The predicted molar refractivity (Wildman–Crippen MR) is 107 cm³/mol. The molecule has 1 saturated heterocycles. The van der Waals surface area contributed by atoms with Crippen LogP contribution in [0, 0.1) is 27.7 Å². The number of piperazine rings is 1. The van der Waals surface area contributed by atoms with Crippen LogP contribution in [-0.2, 0) is 22.4 Å². The number of aromatic amines is 1. The molecule has 1 N–H and O–H groups in total. The van der Waals surface area contributed by atoms with Crippen molar-refractivity contribution < 1.29 is 9.59 Å². The van der Waals surface area contributed by atoms with Crippen LogP contribution in [0.5, 0.6) is 0 Å². The lowest BCUT2D eigenvalue weighted by Gasteiger charge is -2.35. The number of H-pyrrole nitrogens is 1. The van der Waals surface area contributed by atoms with E-state index in [-0.39, 0.29) is 11.8 Å². The van der Waals surface area contributed by atoms with Crippen LogP contribution >= 0.6 is 0 Å². The molecule has 1 aromatic carbocycles. The van der Waals surface area contributed by atoms with Crippen molar-refractivity contribution in [3.8, 4) is 0 Å². The van der Waals surface area contributed by atoms with Crippen LogP contribution in [0.3, 0.4) is 0 Å². The molecule has 1 aliphatic heterocycles. The molecule has 144 valence electrons. The summed E-state index contributed by atoms with van der Waals surface area (Å²) in [5.41, 5.74) is 6.71. The molecule has 0 bridgehead atoms. The van der Waals surface area contributed by atoms with Crippen molar-refractivity contribution in [3.63, 3.8) is 0 Å². The predicted octanol–water partition coefficient (Wildman–Crippen LogP) is 2.70. The van der Waals surface area contributed by atoms with Crippen LogP contribution in [0.15, 0.2) is 24.3 Å². The van der Waals surface area contributed by atoms with Gasteiger partial charge < -0.3 is 14.8 Å². The first-order chi connectivity index (χ1) is 12.8. The lowest BCUT2D eigenvalue weighted by Crippen LogP contribution is -2.51. The number of hydrogen-bond donors (Lipinski definition) is 1. The third-order valence-electron chi connectivity index (χ3n) is 5.51. The van der Waals surface area contributed by atoms with Crippen molar-refractivity contribution in [2.75, 3.05) is 26.2 Å². The fourth-order valence-corrected chi connectivity index (χ4v) is 3.65. The van der Waals surface area contributed by atoms with Gasteiger partial charge in [-0.2, -0.15) is 0 Å². The standard InChI is InChI=1S/C22H29N3O2/c1-15-5-6-19(11-16(15)2)13-21(26)24-7-9-25(10-8-24)22(27)14-20-12-17(3)23-18(20)4/h5-6,11-12,23H,7-10,13-14H2,1-4H3. The second-order valence-corrected chi connectivity index (χ2v) is 7.64. The van der Waals surface area contributed by atoms with Crippen molar-refractivity contribution in [1.82, 2.24) is 14.8 Å². The largest absolute Gasteiger partial charge is 0.362 e. The molecule has 2 heterocycles. The summed E-state index contributed by atoms with van der Waals surface area (Å²) in [5.74, 6) is 0.279. The van der Waals surface area contributed by atoms with E-state index in [0.717, 1.165) is 22.5 Å². The first-order valence-electron chi connectivity index (χ1n) is 9.60. The molecule has 1 aliphatic rings. The normalized spacial score (nSPS) is 14.5. The quantitative estimate of drug-likeness (QED) is 0.903. The molecule has 5 nitrogen and oxygen atoms in total. The molecule has 2 aromatic rings. The fourth-order valence-electron chi connectivity index (χ4n) is 3.65. The second kappa shape index (κ2) is 7.99. The van der Waals surface area contributed by atoms with E-state index >= 15 is 0 Å². The maximum Gasteiger partial charge on any atom is 0.227 e. The van der Waals surface area contributed by atoms with Gasteiger partial charge in [-0.1, -0.05) is 18.2 Å². The Kier molecular flexibility index (Phi) is 5.68. The summed E-state index contributed by atoms with van der Waals surface area (Å²) in [5, 5.41) is 0. The molecule has 2 amide bonds. The van der Waals surface area contributed by atoms with Gasteiger partial charge in [-0.15, -0.1) is 0 Å². The molecular formula is C22H29N3O2. The number of nitrogens with zero attached hydrogens (tertiary/aromatic N) is 2. The first-order valence-corrected chi connectivity index (χ1v) is 9.60. The third-order valence-corrected chi connectivity index (χ3v) is 5.51. The third kappa shape index (κ3) is 4.59. The van der Waals surface area contributed by atoms with Crippen LogP contribution < -0.4 is 0 Å². The number of amides is 2. The monoisotopic (exact) mass is 367 g/mol. The zero-order valence-corrected chi connectivity index (χ0v) is 16.8. The topological polar surface area (TPSA) is 56.4 Å². The second-order valence-electron chi connectivity index (χ2n) is 7.64. The molecule has 0 radical (unpaired) electrons. The van der Waals surface area contributed by atoms with Gasteiger partial charge in [0.25, 0.3) is 0 Å². The molecule has 3 rings (SSSR count). The molecule has 0 aliphatic carbocycles. The average Bonchev–Trinajstić information content (AvgIpc) is 2.95. The van der Waals surface area contributed by atoms with E-state index in [9.17, 15) is 9.59 Å². The summed E-state index contributed by atoms with van der Waals surface area (Å²) < 4.78 is 0. The van der Waals surface area contributed by atoms with E-state index in [0.29, 0.717) is 39.0 Å². The minimum Gasteiger partial charge on any atom is -0.362 e. The van der Waals surface area contributed by atoms with Gasteiger partial charge in [0.2, 0.25) is 11.8 Å². The summed E-state index contributed by atoms with van der Waals surface area (Å²) in [7, 11) is 0. The number of nitrogens with one attached hydrogen (secondary N) is 1. The number of carbonyl (C=O) groups is 2. The lowest BCUT2D eigenvalue weighted by atomic mass is 10.0. The number of carbonyl (C=O) groups excluding carboxylic acids is 2. The molecule has 0 spiro atoms. The van der Waals surface area contributed by atoms with E-state index < -0.39 is 0 Å². The molecule has 1 fully saturated rings. The highest BCUT2D eigenvalue weighted by Crippen LogP contribution is 2.14. The number of aromatic nitrogens is 1. The summed E-state index contributed by atoms with van der Waals surface area (Å²) in [6.45, 7) is 10.6. The lowest BCUT2D eigenvalue weighted by molar-refractivity contribution is -0.138. The van der Waals surface area contributed by atoms with Crippen molar-refractivity contribution in [2.45, 2.75) is 40.5 Å². The number of benzene rings is 1. The highest BCUT2D eigenvalue weighted by Gasteiger charge is 2.24. The highest BCUT2D eigenvalue weighted by atomic mass is 16.2. The maximum atomic E-state index is 12.6. The van der Waals surface area contributed by atoms with Gasteiger partial charge in [-0.25, -0.2) is 0 Å². The van der Waals surface area contributed by atoms with E-state index in [1.165, 1.54) is 11.1 Å². The van der Waals surface area contributed by atoms with Crippen molar-refractivity contribution in [3.05, 3.63) is 57.9 Å². The van der Waals surface area contributed by atoms with Crippen LogP contribution in [-0.4, -0.2) is 52.8 Å². The van der Waals surface area contributed by atoms with Gasteiger partial charge in [0.05, 0.1) is 12.8 Å². The van der Waals surface area contributed by atoms with Crippen molar-refractivity contribution in [1.29, 1.82) is 0 Å². The van der Waals surface area contributed by atoms with Crippen LogP contribution in [0.4, 0.5) is 0 Å². The fraction of sp³-hybridized carbons (Fsp3) is 0.455. The summed E-state index contributed by atoms with van der Waals surface area (Å²) in [6.07, 6.45) is 0.851. The van der Waals surface area contributed by atoms with Crippen LogP contribution in [0.25, 0.3) is 0 Å². The minimum absolute atomic E-state index is 0.137. The van der Waals surface area contributed by atoms with Gasteiger partial charge in [-0.3, -0.25) is 9.59 Å². The zero-order chi connectivity index (χ0) is 19.6. The van der Waals surface area contributed by atoms with Crippen molar-refractivity contribution in [2.24, 2.45) is 0 Å². The van der Waals surface area contributed by atoms with Gasteiger partial charge in [0.15, 0.2) is 0 Å². The smallest absolute Gasteiger partial charge is 0.227 e. The Hall–Kier alpha value is -2.56. The molecular weight excluding hydrogens is 338 g/mol. The summed E-state index contributed by atoms with van der Waals surface area (Å²) in [6, 6.07) is 8.23. The first kappa shape index (κ1) is 19.2. The highest BCUT2D eigenvalue weighted by molar-refractivity contribution is 5.81. The van der Waals surface area contributed by atoms with Gasteiger partial charge in [0.1, 0.15) is 0 Å². The summed E-state index contributed by atoms with van der Waals surface area (Å²) >= 11 is 0. The molecule has 27 heavy (non-hydrogen) atoms. The van der Waals surface area contributed by atoms with E-state index in [1.807, 2.05) is 35.8 Å². The van der Waals surface area contributed by atoms with Crippen LogP contribution in [0.2, 0.25) is 0 Å². The van der Waals surface area contributed by atoms with Gasteiger partial charge in [-0.05, 0) is 56.0 Å².